The van der Waals surface area contributed by atoms with E-state index in [-0.39, 0.29) is 24.2 Å². The summed E-state index contributed by atoms with van der Waals surface area (Å²) in [4.78, 5) is 11.3. The van der Waals surface area contributed by atoms with Crippen molar-refractivity contribution in [3.05, 3.63) is 71.0 Å². The monoisotopic (exact) mass is 337 g/mol. The van der Waals surface area contributed by atoms with Gasteiger partial charge in [-0.2, -0.15) is 0 Å². The molecule has 3 nitrogen and oxygen atoms in total. The topological polar surface area (TPSA) is 38.3 Å². The van der Waals surface area contributed by atoms with Gasteiger partial charge in [0.2, 0.25) is 0 Å². The van der Waals surface area contributed by atoms with Crippen LogP contribution in [0.5, 0.6) is 0 Å². The number of carbonyl (C=O) groups is 1. The molecule has 0 bridgehead atoms. The maximum atomic E-state index is 13.4. The quantitative estimate of drug-likeness (QED) is 0.617. The lowest BCUT2D eigenvalue weighted by Crippen LogP contribution is -2.15. The zero-order chi connectivity index (χ0) is 15.8. The van der Waals surface area contributed by atoms with Crippen LogP contribution in [-0.2, 0) is 17.7 Å². The Morgan fingerprint density at radius 1 is 1.13 bits per heavy atom. The van der Waals surface area contributed by atoms with Crippen LogP contribution >= 0.6 is 12.4 Å². The van der Waals surface area contributed by atoms with Crippen LogP contribution in [0.3, 0.4) is 0 Å². The van der Waals surface area contributed by atoms with Gasteiger partial charge in [-0.15, -0.1) is 12.4 Å². The highest BCUT2D eigenvalue weighted by atomic mass is 35.5. The Morgan fingerprint density at radius 3 is 2.48 bits per heavy atom. The average molecular weight is 338 g/mol. The maximum Gasteiger partial charge on any atom is 0.337 e. The number of benzene rings is 2. The lowest BCUT2D eigenvalue weighted by molar-refractivity contribution is 0.0600. The Morgan fingerprint density at radius 2 is 1.83 bits per heavy atom. The van der Waals surface area contributed by atoms with Gasteiger partial charge in [-0.3, -0.25) is 0 Å². The molecule has 2 rings (SSSR count). The lowest BCUT2D eigenvalue weighted by Gasteiger charge is -2.06. The van der Waals surface area contributed by atoms with Crippen molar-refractivity contribution >= 4 is 18.4 Å². The summed E-state index contributed by atoms with van der Waals surface area (Å²) in [6.45, 7) is 1.53. The van der Waals surface area contributed by atoms with Crippen LogP contribution in [0.15, 0.2) is 48.5 Å². The molecule has 1 N–H and O–H groups in total. The first-order chi connectivity index (χ1) is 10.7. The van der Waals surface area contributed by atoms with Gasteiger partial charge in [-0.05, 0) is 48.7 Å². The molecule has 5 heteroatoms. The molecule has 0 radical (unpaired) electrons. The van der Waals surface area contributed by atoms with Gasteiger partial charge in [0.1, 0.15) is 5.82 Å². The standard InChI is InChI=1S/C18H20FNO2.ClH/c1-22-18(21)16-10-8-14(9-11-16)13-20-12-4-6-15-5-2-3-7-17(15)19;/h2-3,5,7-11,20H,4,6,12-13H2,1H3;1H. The van der Waals surface area contributed by atoms with Crippen LogP contribution in [0.4, 0.5) is 4.39 Å². The molecule has 0 fully saturated rings. The minimum atomic E-state index is -0.329. The molecule has 2 aromatic rings. The Bertz CT molecular complexity index is 617. The Hall–Kier alpha value is -1.91. The first-order valence-corrected chi connectivity index (χ1v) is 7.32. The molecule has 0 saturated heterocycles. The van der Waals surface area contributed by atoms with Crippen molar-refractivity contribution in [2.24, 2.45) is 0 Å². The first kappa shape index (κ1) is 19.1. The average Bonchev–Trinajstić information content (AvgIpc) is 2.56. The van der Waals surface area contributed by atoms with E-state index in [0.717, 1.165) is 37.1 Å². The van der Waals surface area contributed by atoms with E-state index < -0.39 is 0 Å². The largest absolute Gasteiger partial charge is 0.465 e. The Kier molecular flexibility index (Phi) is 8.30. The van der Waals surface area contributed by atoms with Gasteiger partial charge >= 0.3 is 5.97 Å². The van der Waals surface area contributed by atoms with Crippen molar-refractivity contribution in [1.29, 1.82) is 0 Å². The fraction of sp³-hybridized carbons (Fsp3) is 0.278. The van der Waals surface area contributed by atoms with E-state index in [1.54, 1.807) is 18.2 Å². The van der Waals surface area contributed by atoms with Crippen LogP contribution in [0.1, 0.15) is 27.9 Å². The van der Waals surface area contributed by atoms with E-state index in [1.165, 1.54) is 13.2 Å². The van der Waals surface area contributed by atoms with Gasteiger partial charge in [0, 0.05) is 6.54 Å². The highest BCUT2D eigenvalue weighted by molar-refractivity contribution is 5.89. The summed E-state index contributed by atoms with van der Waals surface area (Å²) < 4.78 is 18.1. The van der Waals surface area contributed by atoms with Crippen LogP contribution in [0, 0.1) is 5.82 Å². The predicted molar refractivity (Wildman–Crippen MR) is 91.5 cm³/mol. The molecule has 0 heterocycles. The van der Waals surface area contributed by atoms with Gasteiger partial charge in [0.15, 0.2) is 0 Å². The first-order valence-electron chi connectivity index (χ1n) is 7.32. The summed E-state index contributed by atoms with van der Waals surface area (Å²) in [5.74, 6) is -0.467. The van der Waals surface area contributed by atoms with Crippen molar-refractivity contribution < 1.29 is 13.9 Å². The molecule has 2 aromatic carbocycles. The highest BCUT2D eigenvalue weighted by Gasteiger charge is 2.04. The molecule has 0 amide bonds. The number of hydrogen-bond acceptors (Lipinski definition) is 3. The molecule has 0 spiro atoms. The van der Waals surface area contributed by atoms with Crippen LogP contribution < -0.4 is 5.32 Å². The summed E-state index contributed by atoms with van der Waals surface area (Å²) in [7, 11) is 1.37. The number of rotatable bonds is 7. The number of ether oxygens (including phenoxy) is 1. The van der Waals surface area contributed by atoms with E-state index in [2.05, 4.69) is 10.1 Å². The van der Waals surface area contributed by atoms with E-state index in [1.807, 2.05) is 24.3 Å². The number of esters is 1. The molecule has 0 atom stereocenters. The number of carbonyl (C=O) groups excluding carboxylic acids is 1. The van der Waals surface area contributed by atoms with Gasteiger partial charge in [0.05, 0.1) is 12.7 Å². The minimum absolute atomic E-state index is 0. The summed E-state index contributed by atoms with van der Waals surface area (Å²) in [6.07, 6.45) is 1.60. The van der Waals surface area contributed by atoms with Crippen LogP contribution in [0.25, 0.3) is 0 Å². The molecule has 0 aromatic heterocycles. The number of halogens is 2. The van der Waals surface area contributed by atoms with Crippen molar-refractivity contribution in [2.45, 2.75) is 19.4 Å². The van der Waals surface area contributed by atoms with Gasteiger partial charge < -0.3 is 10.1 Å². The molecule has 0 aliphatic heterocycles. The summed E-state index contributed by atoms with van der Waals surface area (Å²) in [5, 5.41) is 3.32. The zero-order valence-electron chi connectivity index (χ0n) is 13.0. The molecular formula is C18H21ClFNO2. The molecule has 0 saturated carbocycles. The van der Waals surface area contributed by atoms with E-state index in [0.29, 0.717) is 5.56 Å². The third-order valence-electron chi connectivity index (χ3n) is 3.46. The van der Waals surface area contributed by atoms with Gasteiger partial charge in [-0.25, -0.2) is 9.18 Å². The van der Waals surface area contributed by atoms with Gasteiger partial charge in [0.25, 0.3) is 0 Å². The smallest absolute Gasteiger partial charge is 0.337 e. The molecule has 0 aliphatic rings. The summed E-state index contributed by atoms with van der Waals surface area (Å²) in [6, 6.07) is 14.2. The van der Waals surface area contributed by atoms with E-state index in [9.17, 15) is 9.18 Å². The molecule has 124 valence electrons. The van der Waals surface area contributed by atoms with Crippen molar-refractivity contribution in [3.63, 3.8) is 0 Å². The molecule has 23 heavy (non-hydrogen) atoms. The molecular weight excluding hydrogens is 317 g/mol. The Labute approximate surface area is 142 Å². The number of methoxy groups -OCH3 is 1. The van der Waals surface area contributed by atoms with Crippen molar-refractivity contribution in [3.8, 4) is 0 Å². The summed E-state index contributed by atoms with van der Waals surface area (Å²) in [5.41, 5.74) is 2.40. The second-order valence-corrected chi connectivity index (χ2v) is 5.06. The third kappa shape index (κ3) is 6.00. The maximum absolute atomic E-state index is 13.4. The van der Waals surface area contributed by atoms with E-state index >= 15 is 0 Å². The Balaban J connectivity index is 0.00000264. The van der Waals surface area contributed by atoms with Crippen molar-refractivity contribution in [2.75, 3.05) is 13.7 Å². The normalized spacial score (nSPS) is 10.0. The molecule has 0 aliphatic carbocycles. The second kappa shape index (κ2) is 9.98. The van der Waals surface area contributed by atoms with Crippen LogP contribution in [0.2, 0.25) is 0 Å². The zero-order valence-corrected chi connectivity index (χ0v) is 13.9. The fourth-order valence-corrected chi connectivity index (χ4v) is 2.21. The minimum Gasteiger partial charge on any atom is -0.465 e. The van der Waals surface area contributed by atoms with Crippen molar-refractivity contribution in [1.82, 2.24) is 5.32 Å². The van der Waals surface area contributed by atoms with Crippen LogP contribution in [-0.4, -0.2) is 19.6 Å². The van der Waals surface area contributed by atoms with E-state index in [4.69, 9.17) is 0 Å². The fourth-order valence-electron chi connectivity index (χ4n) is 2.21. The number of aryl methyl sites for hydroxylation is 1. The molecule has 0 unspecified atom stereocenters. The predicted octanol–water partition coefficient (Wildman–Crippen LogP) is 3.76. The second-order valence-electron chi connectivity index (χ2n) is 5.06. The number of hydrogen-bond donors (Lipinski definition) is 1. The third-order valence-corrected chi connectivity index (χ3v) is 3.46. The van der Waals surface area contributed by atoms with Gasteiger partial charge in [-0.1, -0.05) is 30.3 Å². The highest BCUT2D eigenvalue weighted by Crippen LogP contribution is 2.09. The summed E-state index contributed by atoms with van der Waals surface area (Å²) >= 11 is 0. The number of nitrogens with one attached hydrogen (secondary N) is 1. The lowest BCUT2D eigenvalue weighted by atomic mass is 10.1. The SMILES string of the molecule is COC(=O)c1ccc(CNCCCc2ccccc2F)cc1.Cl.